The Morgan fingerprint density at radius 3 is 0.704 bits per heavy atom. The predicted molar refractivity (Wildman–Crippen MR) is 350 cm³/mol. The van der Waals surface area contributed by atoms with Crippen molar-refractivity contribution in [1.29, 1.82) is 0 Å². The van der Waals surface area contributed by atoms with Crippen molar-refractivity contribution in [1.82, 2.24) is 0 Å². The summed E-state index contributed by atoms with van der Waals surface area (Å²) in [5.41, 5.74) is 4.70. The molecule has 0 spiro atoms. The molecule has 6 nitrogen and oxygen atoms in total. The molecule has 0 atom stereocenters. The number of benzene rings is 4. The molecule has 4 rings (SSSR count). The van der Waals surface area contributed by atoms with Crippen LogP contribution < -0.4 is 0 Å². The SMILES string of the molecule is CCCCCCCCCCCCCc1ccc2cccc(S(=O)(=O)[O-])c2c1CCCCCCCCCCCCC.CCCCCCCCCCCCCc1ccc2cccc(S(=O)(=O)[O-])c2c1CCCCCCCCCCCCC.[Ca+2]. The Kier molecular flexibility index (Phi) is 45.3. The van der Waals surface area contributed by atoms with E-state index in [1.54, 1.807) is 12.1 Å². The first kappa shape index (κ1) is 75.6. The molecule has 0 aliphatic heterocycles. The molecule has 81 heavy (non-hydrogen) atoms. The van der Waals surface area contributed by atoms with Gasteiger partial charge in [-0.05, 0) is 96.5 Å². The molecule has 0 amide bonds. The second kappa shape index (κ2) is 48.6. The molecular weight excluding hydrogens is 1060 g/mol. The molecule has 456 valence electrons. The van der Waals surface area contributed by atoms with Crippen LogP contribution in [0.25, 0.3) is 21.5 Å². The van der Waals surface area contributed by atoms with E-state index in [0.29, 0.717) is 10.8 Å². The summed E-state index contributed by atoms with van der Waals surface area (Å²) in [6.45, 7) is 9.06. The number of hydrogen-bond donors (Lipinski definition) is 0. The van der Waals surface area contributed by atoms with Gasteiger partial charge in [0.25, 0.3) is 0 Å². The third-order valence-electron chi connectivity index (χ3n) is 17.1. The minimum atomic E-state index is -4.52. The van der Waals surface area contributed by atoms with Crippen molar-refractivity contribution in [3.05, 3.63) is 82.9 Å². The Balaban J connectivity index is 0.000000547. The first-order valence-electron chi connectivity index (χ1n) is 34.0. The first-order chi connectivity index (χ1) is 39.0. The van der Waals surface area contributed by atoms with Crippen molar-refractivity contribution in [2.24, 2.45) is 0 Å². The fourth-order valence-electron chi connectivity index (χ4n) is 12.3. The third kappa shape index (κ3) is 33.8. The van der Waals surface area contributed by atoms with Crippen LogP contribution in [0.4, 0.5) is 0 Å². The average molecular weight is 1180 g/mol. The van der Waals surface area contributed by atoms with Crippen molar-refractivity contribution < 1.29 is 25.9 Å². The molecule has 4 aromatic carbocycles. The van der Waals surface area contributed by atoms with E-state index in [9.17, 15) is 25.9 Å². The standard InChI is InChI=1S/2C36H60O3S.Ca/c2*1-3-5-7-9-11-13-15-17-19-21-23-26-32-30-31-33-27-25-29-35(40(37,38)39)36(33)34(32)28-24-22-20-18-16-14-12-10-8-6-4-2;/h2*25,27,29-31H,3-24,26,28H2,1-2H3,(H,37,38,39);/q;;+2/p-2. The molecule has 4 aromatic rings. The zero-order valence-corrected chi connectivity index (χ0v) is 56.5. The molecule has 9 heteroatoms. The Morgan fingerprint density at radius 2 is 0.481 bits per heavy atom. The van der Waals surface area contributed by atoms with Gasteiger partial charge in [0.2, 0.25) is 0 Å². The number of aryl methyl sites for hydroxylation is 4. The van der Waals surface area contributed by atoms with E-state index in [1.165, 1.54) is 267 Å². The summed E-state index contributed by atoms with van der Waals surface area (Å²) in [7, 11) is -9.04. The van der Waals surface area contributed by atoms with Gasteiger partial charge in [0, 0.05) is 10.8 Å². The maximum atomic E-state index is 12.2. The van der Waals surface area contributed by atoms with Crippen molar-refractivity contribution in [2.45, 2.75) is 346 Å². The Labute approximate surface area is 529 Å². The average Bonchev–Trinajstić information content (AvgIpc) is 3.44. The summed E-state index contributed by atoms with van der Waals surface area (Å²) in [5, 5.41) is 3.12. The normalized spacial score (nSPS) is 11.8. The van der Waals surface area contributed by atoms with Crippen LogP contribution in [0.2, 0.25) is 0 Å². The van der Waals surface area contributed by atoms with Crippen LogP contribution in [0, 0.1) is 0 Å². The number of rotatable bonds is 50. The molecular formula is C72H118CaO6S2. The van der Waals surface area contributed by atoms with Crippen LogP contribution in [0.5, 0.6) is 0 Å². The number of hydrogen-bond acceptors (Lipinski definition) is 6. The summed E-state index contributed by atoms with van der Waals surface area (Å²) < 4.78 is 73.0. The smallest absolute Gasteiger partial charge is 0.744 e. The van der Waals surface area contributed by atoms with E-state index in [4.69, 9.17) is 0 Å². The topological polar surface area (TPSA) is 114 Å². The molecule has 0 heterocycles. The summed E-state index contributed by atoms with van der Waals surface area (Å²) in [6.07, 6.45) is 61.0. The Bertz CT molecular complexity index is 2230. The van der Waals surface area contributed by atoms with Gasteiger partial charge in [0.15, 0.2) is 0 Å². The van der Waals surface area contributed by atoms with Crippen molar-refractivity contribution in [3.8, 4) is 0 Å². The number of fused-ring (bicyclic) bond motifs is 2. The van der Waals surface area contributed by atoms with Gasteiger partial charge in [0.1, 0.15) is 20.2 Å². The zero-order chi connectivity index (χ0) is 57.8. The number of unbranched alkanes of at least 4 members (excludes halogenated alkanes) is 40. The second-order valence-corrected chi connectivity index (χ2v) is 26.9. The van der Waals surface area contributed by atoms with Crippen LogP contribution in [-0.4, -0.2) is 63.7 Å². The van der Waals surface area contributed by atoms with E-state index in [-0.39, 0.29) is 47.5 Å². The van der Waals surface area contributed by atoms with Crippen molar-refractivity contribution >= 4 is 79.5 Å². The quantitative estimate of drug-likeness (QED) is 0.0247. The van der Waals surface area contributed by atoms with Gasteiger partial charge in [-0.1, -0.05) is 333 Å². The van der Waals surface area contributed by atoms with Crippen LogP contribution in [0.3, 0.4) is 0 Å². The minimum Gasteiger partial charge on any atom is -0.744 e. The first-order valence-corrected chi connectivity index (χ1v) is 36.8. The monoisotopic (exact) mass is 1180 g/mol. The van der Waals surface area contributed by atoms with E-state index < -0.39 is 20.2 Å². The second-order valence-electron chi connectivity index (χ2n) is 24.2. The van der Waals surface area contributed by atoms with Crippen LogP contribution in [-0.2, 0) is 45.9 Å². The van der Waals surface area contributed by atoms with Gasteiger partial charge < -0.3 is 9.11 Å². The van der Waals surface area contributed by atoms with Crippen LogP contribution >= 0.6 is 0 Å². The molecule has 0 aliphatic rings. The van der Waals surface area contributed by atoms with E-state index >= 15 is 0 Å². The molecule has 0 N–H and O–H groups in total. The summed E-state index contributed by atoms with van der Waals surface area (Å²) in [4.78, 5) is -0.0762. The fourth-order valence-corrected chi connectivity index (χ4v) is 13.7. The Hall–Kier alpha value is -1.52. The van der Waals surface area contributed by atoms with Gasteiger partial charge >= 0.3 is 37.7 Å². The predicted octanol–water partition coefficient (Wildman–Crippen LogP) is 22.5. The molecule has 0 saturated heterocycles. The summed E-state index contributed by atoms with van der Waals surface area (Å²) >= 11 is 0. The molecule has 0 bridgehead atoms. The van der Waals surface area contributed by atoms with Crippen molar-refractivity contribution in [3.63, 3.8) is 0 Å². The largest absolute Gasteiger partial charge is 2.00 e. The van der Waals surface area contributed by atoms with E-state index in [2.05, 4.69) is 39.8 Å². The molecule has 0 aromatic heterocycles. The van der Waals surface area contributed by atoms with Gasteiger partial charge in [-0.15, -0.1) is 0 Å². The van der Waals surface area contributed by atoms with Gasteiger partial charge in [-0.25, -0.2) is 16.8 Å². The molecule has 0 fully saturated rings. The fraction of sp³-hybridized carbons (Fsp3) is 0.722. The molecule has 0 aliphatic carbocycles. The van der Waals surface area contributed by atoms with E-state index in [0.717, 1.165) is 86.1 Å². The van der Waals surface area contributed by atoms with Crippen LogP contribution in [0.1, 0.15) is 332 Å². The van der Waals surface area contributed by atoms with Gasteiger partial charge in [0.05, 0.1) is 9.79 Å². The van der Waals surface area contributed by atoms with Gasteiger partial charge in [-0.3, -0.25) is 0 Å². The molecule has 0 saturated carbocycles. The maximum Gasteiger partial charge on any atom is 2.00 e. The minimum absolute atomic E-state index is 0. The third-order valence-corrected chi connectivity index (χ3v) is 18.9. The molecule has 0 radical (unpaired) electrons. The zero-order valence-electron chi connectivity index (χ0n) is 52.7. The summed E-state index contributed by atoms with van der Waals surface area (Å²) in [5.74, 6) is 0. The van der Waals surface area contributed by atoms with E-state index in [1.807, 2.05) is 24.3 Å². The Morgan fingerprint density at radius 1 is 0.272 bits per heavy atom. The molecule has 0 unspecified atom stereocenters. The summed E-state index contributed by atoms with van der Waals surface area (Å²) in [6, 6.07) is 18.7. The maximum absolute atomic E-state index is 12.2. The van der Waals surface area contributed by atoms with Gasteiger partial charge in [-0.2, -0.15) is 0 Å². The van der Waals surface area contributed by atoms with Crippen molar-refractivity contribution in [2.75, 3.05) is 0 Å². The van der Waals surface area contributed by atoms with Crippen LogP contribution in [0.15, 0.2) is 70.5 Å².